The molecule has 0 aliphatic heterocycles. The quantitative estimate of drug-likeness (QED) is 0.803. The molecule has 0 spiro atoms. The lowest BCUT2D eigenvalue weighted by molar-refractivity contribution is 0.0948. The Labute approximate surface area is 121 Å². The molecule has 0 saturated heterocycles. The molecule has 0 atom stereocenters. The van der Waals surface area contributed by atoms with Gasteiger partial charge in [0.25, 0.3) is 5.91 Å². The van der Waals surface area contributed by atoms with Crippen LogP contribution in [0.1, 0.15) is 48.9 Å². The number of carbonyl (C=O) groups excluding carboxylic acids is 1. The average Bonchev–Trinajstić information content (AvgIpc) is 2.91. The van der Waals surface area contributed by atoms with Crippen LogP contribution in [0, 0.1) is 11.7 Å². The molecule has 1 aliphatic rings. The van der Waals surface area contributed by atoms with Crippen molar-refractivity contribution in [1.29, 1.82) is 0 Å². The van der Waals surface area contributed by atoms with Crippen molar-refractivity contribution in [3.63, 3.8) is 0 Å². The van der Waals surface area contributed by atoms with Crippen molar-refractivity contribution in [2.45, 2.75) is 38.5 Å². The fraction of sp³-hybridized carbons (Fsp3) is 0.533. The number of benzene rings is 1. The molecule has 1 aromatic carbocycles. The van der Waals surface area contributed by atoms with Crippen molar-refractivity contribution in [3.8, 4) is 0 Å². The molecule has 1 amide bonds. The Morgan fingerprint density at radius 1 is 1.37 bits per heavy atom. The zero-order valence-electron chi connectivity index (χ0n) is 10.9. The lowest BCUT2D eigenvalue weighted by Crippen LogP contribution is -2.25. The maximum Gasteiger partial charge on any atom is 0.254 e. The van der Waals surface area contributed by atoms with Crippen LogP contribution in [-0.2, 0) is 0 Å². The number of rotatable bonds is 5. The van der Waals surface area contributed by atoms with E-state index >= 15 is 0 Å². The zero-order chi connectivity index (χ0) is 13.7. The molecule has 19 heavy (non-hydrogen) atoms. The number of hydrogen-bond donors (Lipinski definition) is 1. The first-order valence-corrected chi connectivity index (χ1v) is 7.70. The normalized spacial score (nSPS) is 15.7. The van der Waals surface area contributed by atoms with Crippen LogP contribution in [0.5, 0.6) is 0 Å². The molecule has 1 fully saturated rings. The molecule has 2 rings (SSSR count). The lowest BCUT2D eigenvalue weighted by atomic mass is 10.0. The van der Waals surface area contributed by atoms with Gasteiger partial charge in [-0.3, -0.25) is 4.79 Å². The van der Waals surface area contributed by atoms with Crippen LogP contribution in [-0.4, -0.2) is 12.5 Å². The SMILES string of the molecule is O=C(NCCCC1CCCC1)c1cccc(Br)c1F. The molecule has 4 heteroatoms. The van der Waals surface area contributed by atoms with Crippen LogP contribution >= 0.6 is 15.9 Å². The van der Waals surface area contributed by atoms with Gasteiger partial charge < -0.3 is 5.32 Å². The van der Waals surface area contributed by atoms with Gasteiger partial charge >= 0.3 is 0 Å². The first kappa shape index (κ1) is 14.5. The van der Waals surface area contributed by atoms with Crippen molar-refractivity contribution in [3.05, 3.63) is 34.1 Å². The summed E-state index contributed by atoms with van der Waals surface area (Å²) in [5.74, 6) is 0.0144. The van der Waals surface area contributed by atoms with E-state index in [1.54, 1.807) is 12.1 Å². The van der Waals surface area contributed by atoms with Gasteiger partial charge in [0, 0.05) is 6.54 Å². The molecular formula is C15H19BrFNO. The van der Waals surface area contributed by atoms with Crippen LogP contribution < -0.4 is 5.32 Å². The third-order valence-electron chi connectivity index (χ3n) is 3.75. The van der Waals surface area contributed by atoms with Gasteiger partial charge in [0.2, 0.25) is 0 Å². The van der Waals surface area contributed by atoms with Gasteiger partial charge in [-0.2, -0.15) is 0 Å². The monoisotopic (exact) mass is 327 g/mol. The first-order valence-electron chi connectivity index (χ1n) is 6.90. The molecule has 0 aromatic heterocycles. The highest BCUT2D eigenvalue weighted by atomic mass is 79.9. The van der Waals surface area contributed by atoms with E-state index in [-0.39, 0.29) is 11.5 Å². The van der Waals surface area contributed by atoms with Crippen LogP contribution in [0.3, 0.4) is 0 Å². The second-order valence-corrected chi connectivity index (χ2v) is 6.00. The van der Waals surface area contributed by atoms with E-state index < -0.39 is 5.82 Å². The van der Waals surface area contributed by atoms with E-state index in [0.717, 1.165) is 12.3 Å². The highest BCUT2D eigenvalue weighted by Gasteiger charge is 2.15. The fourth-order valence-corrected chi connectivity index (χ4v) is 3.03. The molecule has 1 N–H and O–H groups in total. The molecular weight excluding hydrogens is 309 g/mol. The third-order valence-corrected chi connectivity index (χ3v) is 4.36. The van der Waals surface area contributed by atoms with Gasteiger partial charge in [-0.05, 0) is 46.8 Å². The topological polar surface area (TPSA) is 29.1 Å². The second kappa shape index (κ2) is 7.04. The minimum absolute atomic E-state index is 0.107. The van der Waals surface area contributed by atoms with Crippen molar-refractivity contribution < 1.29 is 9.18 Å². The van der Waals surface area contributed by atoms with E-state index in [4.69, 9.17) is 0 Å². The van der Waals surface area contributed by atoms with Crippen molar-refractivity contribution in [2.24, 2.45) is 5.92 Å². The van der Waals surface area contributed by atoms with E-state index in [2.05, 4.69) is 21.2 Å². The van der Waals surface area contributed by atoms with Crippen molar-refractivity contribution in [1.82, 2.24) is 5.32 Å². The summed E-state index contributed by atoms with van der Waals surface area (Å²) in [4.78, 5) is 11.8. The summed E-state index contributed by atoms with van der Waals surface area (Å²) in [6.45, 7) is 0.626. The number of carbonyl (C=O) groups is 1. The van der Waals surface area contributed by atoms with Gasteiger partial charge in [-0.15, -0.1) is 0 Å². The van der Waals surface area contributed by atoms with Gasteiger partial charge in [0.05, 0.1) is 10.0 Å². The number of halogens is 2. The molecule has 0 heterocycles. The minimum Gasteiger partial charge on any atom is -0.352 e. The molecule has 0 bridgehead atoms. The Morgan fingerprint density at radius 2 is 2.11 bits per heavy atom. The van der Waals surface area contributed by atoms with Crippen LogP contribution in [0.25, 0.3) is 0 Å². The molecule has 1 aliphatic carbocycles. The maximum absolute atomic E-state index is 13.7. The molecule has 104 valence electrons. The summed E-state index contributed by atoms with van der Waals surface area (Å²) < 4.78 is 14.0. The molecule has 0 radical (unpaired) electrons. The highest BCUT2D eigenvalue weighted by Crippen LogP contribution is 2.28. The summed E-state index contributed by atoms with van der Waals surface area (Å²) in [5, 5.41) is 2.79. The third kappa shape index (κ3) is 4.03. The lowest BCUT2D eigenvalue weighted by Gasteiger charge is -2.10. The predicted octanol–water partition coefficient (Wildman–Crippen LogP) is 4.29. The summed E-state index contributed by atoms with van der Waals surface area (Å²) in [6.07, 6.45) is 7.50. The number of amides is 1. The minimum atomic E-state index is -0.490. The number of hydrogen-bond acceptors (Lipinski definition) is 1. The Balaban J connectivity index is 1.76. The largest absolute Gasteiger partial charge is 0.352 e. The van der Waals surface area contributed by atoms with E-state index in [1.165, 1.54) is 38.2 Å². The summed E-state index contributed by atoms with van der Waals surface area (Å²) in [6, 6.07) is 4.76. The maximum atomic E-state index is 13.7. The standard InChI is InChI=1S/C15H19BrFNO/c16-13-9-3-8-12(14(13)17)15(19)18-10-4-7-11-5-1-2-6-11/h3,8-9,11H,1-2,4-7,10H2,(H,18,19). The van der Waals surface area contributed by atoms with Gasteiger partial charge in [0.1, 0.15) is 5.82 Å². The Hall–Kier alpha value is -0.900. The summed E-state index contributed by atoms with van der Waals surface area (Å²) in [7, 11) is 0. The smallest absolute Gasteiger partial charge is 0.254 e. The Morgan fingerprint density at radius 3 is 2.84 bits per heavy atom. The molecule has 0 unspecified atom stereocenters. The second-order valence-electron chi connectivity index (χ2n) is 5.15. The van der Waals surface area contributed by atoms with Gasteiger partial charge in [-0.1, -0.05) is 31.7 Å². The predicted molar refractivity (Wildman–Crippen MR) is 77.6 cm³/mol. The molecule has 1 saturated carbocycles. The molecule has 1 aromatic rings. The van der Waals surface area contributed by atoms with Crippen LogP contribution in [0.2, 0.25) is 0 Å². The highest BCUT2D eigenvalue weighted by molar-refractivity contribution is 9.10. The Kier molecular flexibility index (Phi) is 5.37. The van der Waals surface area contributed by atoms with Crippen LogP contribution in [0.4, 0.5) is 4.39 Å². The van der Waals surface area contributed by atoms with Crippen LogP contribution in [0.15, 0.2) is 22.7 Å². The van der Waals surface area contributed by atoms with E-state index in [9.17, 15) is 9.18 Å². The Bertz CT molecular complexity index is 444. The van der Waals surface area contributed by atoms with Crippen molar-refractivity contribution >= 4 is 21.8 Å². The summed E-state index contributed by atoms with van der Waals surface area (Å²) in [5.41, 5.74) is 0.107. The van der Waals surface area contributed by atoms with E-state index in [1.807, 2.05) is 0 Å². The summed E-state index contributed by atoms with van der Waals surface area (Å²) >= 11 is 3.09. The average molecular weight is 328 g/mol. The van der Waals surface area contributed by atoms with E-state index in [0.29, 0.717) is 11.0 Å². The van der Waals surface area contributed by atoms with Gasteiger partial charge in [0.15, 0.2) is 0 Å². The van der Waals surface area contributed by atoms with Gasteiger partial charge in [-0.25, -0.2) is 4.39 Å². The zero-order valence-corrected chi connectivity index (χ0v) is 12.5. The fourth-order valence-electron chi connectivity index (χ4n) is 2.67. The first-order chi connectivity index (χ1) is 9.18. The van der Waals surface area contributed by atoms with Crippen molar-refractivity contribution in [2.75, 3.05) is 6.54 Å². The molecule has 2 nitrogen and oxygen atoms in total. The number of nitrogens with one attached hydrogen (secondary N) is 1.